The fourth-order valence-corrected chi connectivity index (χ4v) is 2.26. The van der Waals surface area contributed by atoms with Gasteiger partial charge >= 0.3 is 0 Å². The summed E-state index contributed by atoms with van der Waals surface area (Å²) in [5.74, 6) is 0.460. The summed E-state index contributed by atoms with van der Waals surface area (Å²) < 4.78 is 19.7. The summed E-state index contributed by atoms with van der Waals surface area (Å²) >= 11 is 8.98. The summed E-state index contributed by atoms with van der Waals surface area (Å²) in [6.45, 7) is 0.608. The molecule has 3 nitrogen and oxygen atoms in total. The van der Waals surface area contributed by atoms with Gasteiger partial charge in [-0.2, -0.15) is 0 Å². The van der Waals surface area contributed by atoms with Crippen LogP contribution in [-0.2, 0) is 6.54 Å². The van der Waals surface area contributed by atoms with Gasteiger partial charge in [-0.15, -0.1) is 0 Å². The quantitative estimate of drug-likeness (QED) is 0.845. The van der Waals surface area contributed by atoms with Gasteiger partial charge in [0.15, 0.2) is 0 Å². The molecule has 1 aromatic heterocycles. The third-order valence-electron chi connectivity index (χ3n) is 2.42. The molecule has 0 saturated carbocycles. The van der Waals surface area contributed by atoms with Gasteiger partial charge in [0.1, 0.15) is 17.3 Å². The second kappa shape index (κ2) is 6.32. The highest BCUT2D eigenvalue weighted by Gasteiger charge is 2.11. The van der Waals surface area contributed by atoms with Crippen molar-refractivity contribution in [3.8, 4) is 11.5 Å². The number of nitrogens with one attached hydrogen (secondary N) is 1. The van der Waals surface area contributed by atoms with Crippen LogP contribution in [0.1, 0.15) is 5.56 Å². The van der Waals surface area contributed by atoms with Crippen LogP contribution < -0.4 is 10.1 Å². The third kappa shape index (κ3) is 3.43. The molecule has 2 rings (SSSR count). The van der Waals surface area contributed by atoms with Gasteiger partial charge in [0.2, 0.25) is 0 Å². The van der Waals surface area contributed by atoms with Crippen molar-refractivity contribution in [3.05, 3.63) is 51.5 Å². The first-order valence-electron chi connectivity index (χ1n) is 5.51. The van der Waals surface area contributed by atoms with Crippen LogP contribution in [0.25, 0.3) is 0 Å². The van der Waals surface area contributed by atoms with Crippen LogP contribution in [-0.4, -0.2) is 12.0 Å². The first-order valence-corrected chi connectivity index (χ1v) is 6.69. The van der Waals surface area contributed by atoms with Crippen molar-refractivity contribution in [1.29, 1.82) is 0 Å². The average molecular weight is 346 g/mol. The number of ether oxygens (including phenoxy) is 1. The molecule has 1 N–H and O–H groups in total. The Morgan fingerprint density at radius 1 is 1.42 bits per heavy atom. The zero-order chi connectivity index (χ0) is 13.8. The molecule has 100 valence electrons. The highest BCUT2D eigenvalue weighted by atomic mass is 79.9. The Labute approximate surface area is 123 Å². The summed E-state index contributed by atoms with van der Waals surface area (Å²) in [5.41, 5.74) is 0.882. The SMILES string of the molecule is CNCc1cnccc1Oc1cc(F)c(Cl)cc1Br. The summed E-state index contributed by atoms with van der Waals surface area (Å²) in [7, 11) is 1.83. The number of rotatable bonds is 4. The lowest BCUT2D eigenvalue weighted by molar-refractivity contribution is 0.465. The molecule has 2 aromatic rings. The van der Waals surface area contributed by atoms with Gasteiger partial charge in [0, 0.05) is 30.6 Å². The monoisotopic (exact) mass is 344 g/mol. The Kier molecular flexibility index (Phi) is 4.74. The van der Waals surface area contributed by atoms with Gasteiger partial charge in [-0.3, -0.25) is 4.98 Å². The highest BCUT2D eigenvalue weighted by Crippen LogP contribution is 2.34. The highest BCUT2D eigenvalue weighted by molar-refractivity contribution is 9.10. The molecule has 1 aromatic carbocycles. The molecule has 0 aliphatic carbocycles. The number of pyridine rings is 1. The number of hydrogen-bond donors (Lipinski definition) is 1. The van der Waals surface area contributed by atoms with Crippen molar-refractivity contribution in [2.45, 2.75) is 6.54 Å². The van der Waals surface area contributed by atoms with Crippen LogP contribution >= 0.6 is 27.5 Å². The minimum atomic E-state index is -0.524. The standard InChI is InChI=1S/C13H11BrClFN2O/c1-17-6-8-7-18-3-2-12(8)19-13-5-11(16)10(15)4-9(13)14/h2-5,7,17H,6H2,1H3. The van der Waals surface area contributed by atoms with E-state index in [1.165, 1.54) is 12.1 Å². The predicted octanol–water partition coefficient (Wildman–Crippen LogP) is 4.15. The van der Waals surface area contributed by atoms with Gasteiger partial charge in [0.25, 0.3) is 0 Å². The predicted molar refractivity (Wildman–Crippen MR) is 76.2 cm³/mol. The maximum absolute atomic E-state index is 13.5. The molecule has 0 spiro atoms. The largest absolute Gasteiger partial charge is 0.456 e. The molecule has 0 radical (unpaired) electrons. The first kappa shape index (κ1) is 14.2. The summed E-state index contributed by atoms with van der Waals surface area (Å²) in [5, 5.41) is 3.06. The van der Waals surface area contributed by atoms with Crippen LogP contribution in [0.15, 0.2) is 35.1 Å². The zero-order valence-electron chi connectivity index (χ0n) is 10.1. The van der Waals surface area contributed by atoms with Crippen molar-refractivity contribution in [2.24, 2.45) is 0 Å². The fraction of sp³-hybridized carbons (Fsp3) is 0.154. The Balaban J connectivity index is 2.33. The maximum atomic E-state index is 13.5. The molecule has 0 bridgehead atoms. The molecule has 0 atom stereocenters. The van der Waals surface area contributed by atoms with E-state index in [-0.39, 0.29) is 5.02 Å². The second-order valence-electron chi connectivity index (χ2n) is 3.81. The van der Waals surface area contributed by atoms with Crippen LogP contribution in [0.2, 0.25) is 5.02 Å². The lowest BCUT2D eigenvalue weighted by Gasteiger charge is -2.12. The van der Waals surface area contributed by atoms with Gasteiger partial charge in [-0.25, -0.2) is 4.39 Å². The van der Waals surface area contributed by atoms with Gasteiger partial charge in [0.05, 0.1) is 9.50 Å². The number of nitrogens with zero attached hydrogens (tertiary/aromatic N) is 1. The van der Waals surface area contributed by atoms with E-state index in [1.54, 1.807) is 18.5 Å². The fourth-order valence-electron chi connectivity index (χ4n) is 1.54. The van der Waals surface area contributed by atoms with E-state index in [4.69, 9.17) is 16.3 Å². The van der Waals surface area contributed by atoms with Gasteiger partial charge < -0.3 is 10.1 Å². The molecule has 1 heterocycles. The van der Waals surface area contributed by atoms with Crippen LogP contribution in [0.4, 0.5) is 4.39 Å². The Bertz CT molecular complexity index is 595. The Morgan fingerprint density at radius 3 is 2.95 bits per heavy atom. The maximum Gasteiger partial charge on any atom is 0.145 e. The van der Waals surface area contributed by atoms with Crippen molar-refractivity contribution in [2.75, 3.05) is 7.05 Å². The Hall–Kier alpha value is -1.17. The number of hydrogen-bond acceptors (Lipinski definition) is 3. The average Bonchev–Trinajstić information content (AvgIpc) is 2.38. The minimum Gasteiger partial charge on any atom is -0.456 e. The number of benzene rings is 1. The van der Waals surface area contributed by atoms with Crippen LogP contribution in [0.3, 0.4) is 0 Å². The molecule has 19 heavy (non-hydrogen) atoms. The molecule has 0 amide bonds. The van der Waals surface area contributed by atoms with E-state index in [0.29, 0.717) is 22.5 Å². The molecule has 0 aliphatic rings. The van der Waals surface area contributed by atoms with E-state index in [9.17, 15) is 4.39 Å². The summed E-state index contributed by atoms with van der Waals surface area (Å²) in [6.07, 6.45) is 3.32. The second-order valence-corrected chi connectivity index (χ2v) is 5.07. The smallest absolute Gasteiger partial charge is 0.145 e. The molecular formula is C13H11BrClFN2O. The molecule has 0 saturated heterocycles. The van der Waals surface area contributed by atoms with E-state index < -0.39 is 5.82 Å². The van der Waals surface area contributed by atoms with Gasteiger partial charge in [-0.1, -0.05) is 11.6 Å². The van der Waals surface area contributed by atoms with E-state index in [1.807, 2.05) is 7.05 Å². The summed E-state index contributed by atoms with van der Waals surface area (Å²) in [4.78, 5) is 4.03. The molecule has 0 unspecified atom stereocenters. The van der Waals surface area contributed by atoms with Crippen molar-refractivity contribution < 1.29 is 9.13 Å². The first-order chi connectivity index (χ1) is 9.11. The molecule has 0 aliphatic heterocycles. The van der Waals surface area contributed by atoms with Crippen molar-refractivity contribution in [1.82, 2.24) is 10.3 Å². The van der Waals surface area contributed by atoms with Crippen LogP contribution in [0, 0.1) is 5.82 Å². The lowest BCUT2D eigenvalue weighted by atomic mass is 10.2. The minimum absolute atomic E-state index is 0.0457. The van der Waals surface area contributed by atoms with E-state index in [2.05, 4.69) is 26.2 Å². The third-order valence-corrected chi connectivity index (χ3v) is 3.33. The molecule has 0 fully saturated rings. The lowest BCUT2D eigenvalue weighted by Crippen LogP contribution is -2.06. The number of aromatic nitrogens is 1. The van der Waals surface area contributed by atoms with Gasteiger partial charge in [-0.05, 0) is 35.1 Å². The van der Waals surface area contributed by atoms with Crippen molar-refractivity contribution >= 4 is 27.5 Å². The van der Waals surface area contributed by atoms with E-state index in [0.717, 1.165) is 5.56 Å². The molecular weight excluding hydrogens is 335 g/mol. The van der Waals surface area contributed by atoms with E-state index >= 15 is 0 Å². The normalized spacial score (nSPS) is 10.5. The Morgan fingerprint density at radius 2 is 2.21 bits per heavy atom. The van der Waals surface area contributed by atoms with Crippen molar-refractivity contribution in [3.63, 3.8) is 0 Å². The zero-order valence-corrected chi connectivity index (χ0v) is 12.4. The molecule has 6 heteroatoms. The topological polar surface area (TPSA) is 34.2 Å². The summed E-state index contributed by atoms with van der Waals surface area (Å²) in [6, 6.07) is 4.44. The van der Waals surface area contributed by atoms with Crippen LogP contribution in [0.5, 0.6) is 11.5 Å². The number of halogens is 3.